The first-order valence-corrected chi connectivity index (χ1v) is 5.76. The fourth-order valence-electron chi connectivity index (χ4n) is 1.30. The predicted molar refractivity (Wildman–Crippen MR) is 64.2 cm³/mol. The number of aryl methyl sites for hydroxylation is 1. The van der Waals surface area contributed by atoms with Gasteiger partial charge in [0.2, 0.25) is 11.8 Å². The van der Waals surface area contributed by atoms with Gasteiger partial charge in [0.1, 0.15) is 12.1 Å². The van der Waals surface area contributed by atoms with Gasteiger partial charge in [0.05, 0.1) is 13.2 Å². The van der Waals surface area contributed by atoms with Gasteiger partial charge in [-0.2, -0.15) is 4.98 Å². The Kier molecular flexibility index (Phi) is 4.06. The van der Waals surface area contributed by atoms with Crippen molar-refractivity contribution in [1.82, 2.24) is 20.1 Å². The third-order valence-electron chi connectivity index (χ3n) is 2.09. The quantitative estimate of drug-likeness (QED) is 0.831. The third-order valence-corrected chi connectivity index (χ3v) is 2.09. The Hall–Kier alpha value is -2.18. The van der Waals surface area contributed by atoms with Crippen molar-refractivity contribution in [3.63, 3.8) is 0 Å². The largest absolute Gasteiger partial charge is 0.478 e. The first kappa shape index (κ1) is 12.3. The molecule has 0 aromatic carbocycles. The van der Waals surface area contributed by atoms with Crippen molar-refractivity contribution in [2.24, 2.45) is 0 Å². The summed E-state index contributed by atoms with van der Waals surface area (Å²) in [5.74, 6) is 2.35. The van der Waals surface area contributed by atoms with Crippen LogP contribution in [0, 0.1) is 6.92 Å². The van der Waals surface area contributed by atoms with Crippen molar-refractivity contribution in [2.75, 3.05) is 11.9 Å². The Bertz CT molecular complexity index is 500. The van der Waals surface area contributed by atoms with E-state index < -0.39 is 0 Å². The lowest BCUT2D eigenvalue weighted by atomic mass is 10.5. The van der Waals surface area contributed by atoms with Gasteiger partial charge in [0, 0.05) is 13.0 Å². The van der Waals surface area contributed by atoms with Crippen molar-refractivity contribution in [3.8, 4) is 5.88 Å². The van der Waals surface area contributed by atoms with Gasteiger partial charge in [-0.15, -0.1) is 0 Å². The average Bonchev–Trinajstić information content (AvgIpc) is 2.80. The number of anilines is 1. The lowest BCUT2D eigenvalue weighted by Gasteiger charge is -2.05. The average molecular weight is 249 g/mol. The molecule has 2 aromatic heterocycles. The van der Waals surface area contributed by atoms with Gasteiger partial charge in [-0.25, -0.2) is 9.97 Å². The smallest absolute Gasteiger partial charge is 0.223 e. The van der Waals surface area contributed by atoms with Gasteiger partial charge in [-0.1, -0.05) is 12.1 Å². The fourth-order valence-corrected chi connectivity index (χ4v) is 1.30. The zero-order valence-corrected chi connectivity index (χ0v) is 10.4. The third kappa shape index (κ3) is 3.41. The first-order valence-electron chi connectivity index (χ1n) is 5.76. The van der Waals surface area contributed by atoms with E-state index in [-0.39, 0.29) is 0 Å². The zero-order valence-electron chi connectivity index (χ0n) is 10.4. The second kappa shape index (κ2) is 5.95. The van der Waals surface area contributed by atoms with Gasteiger partial charge in [-0.3, -0.25) is 0 Å². The van der Waals surface area contributed by atoms with E-state index in [4.69, 9.17) is 9.26 Å². The molecule has 2 aromatic rings. The van der Waals surface area contributed by atoms with Crippen molar-refractivity contribution in [1.29, 1.82) is 0 Å². The molecule has 0 radical (unpaired) electrons. The van der Waals surface area contributed by atoms with Gasteiger partial charge < -0.3 is 14.6 Å². The van der Waals surface area contributed by atoms with Crippen LogP contribution in [-0.4, -0.2) is 26.7 Å². The van der Waals surface area contributed by atoms with E-state index in [0.29, 0.717) is 36.6 Å². The summed E-state index contributed by atoms with van der Waals surface area (Å²) in [5, 5.41) is 6.85. The number of aromatic nitrogens is 4. The summed E-state index contributed by atoms with van der Waals surface area (Å²) in [7, 11) is 0. The van der Waals surface area contributed by atoms with Gasteiger partial charge in [-0.05, 0) is 6.42 Å². The first-order chi connectivity index (χ1) is 8.78. The molecule has 0 amide bonds. The molecule has 7 nitrogen and oxygen atoms in total. The molecule has 0 fully saturated rings. The summed E-state index contributed by atoms with van der Waals surface area (Å²) >= 11 is 0. The van der Waals surface area contributed by atoms with Gasteiger partial charge in [0.15, 0.2) is 5.82 Å². The van der Waals surface area contributed by atoms with E-state index in [2.05, 4.69) is 25.4 Å². The van der Waals surface area contributed by atoms with Crippen LogP contribution in [0.25, 0.3) is 0 Å². The standard InChI is InChI=1S/C11H15N5O2/c1-3-4-17-11-5-9(13-7-14-11)12-6-10-15-8(2)18-16-10/h5,7H,3-4,6H2,1-2H3,(H,12,13,14). The summed E-state index contributed by atoms with van der Waals surface area (Å²) in [5.41, 5.74) is 0. The van der Waals surface area contributed by atoms with Crippen LogP contribution >= 0.6 is 0 Å². The number of hydrogen-bond acceptors (Lipinski definition) is 7. The molecule has 7 heteroatoms. The number of ether oxygens (including phenoxy) is 1. The molecule has 0 aliphatic rings. The monoisotopic (exact) mass is 249 g/mol. The fraction of sp³-hybridized carbons (Fsp3) is 0.455. The molecule has 1 N–H and O–H groups in total. The highest BCUT2D eigenvalue weighted by Crippen LogP contribution is 2.11. The molecular formula is C11H15N5O2. The van der Waals surface area contributed by atoms with Crippen molar-refractivity contribution >= 4 is 5.82 Å². The highest BCUT2D eigenvalue weighted by atomic mass is 16.5. The van der Waals surface area contributed by atoms with Gasteiger partial charge >= 0.3 is 0 Å². The normalized spacial score (nSPS) is 10.3. The van der Waals surface area contributed by atoms with E-state index in [1.165, 1.54) is 6.33 Å². The van der Waals surface area contributed by atoms with E-state index in [1.807, 2.05) is 6.92 Å². The molecular weight excluding hydrogens is 234 g/mol. The highest BCUT2D eigenvalue weighted by molar-refractivity contribution is 5.37. The lowest BCUT2D eigenvalue weighted by molar-refractivity contribution is 0.305. The molecule has 0 saturated carbocycles. The van der Waals surface area contributed by atoms with Crippen molar-refractivity contribution in [2.45, 2.75) is 26.8 Å². The summed E-state index contributed by atoms with van der Waals surface area (Å²) in [4.78, 5) is 12.2. The number of nitrogens with one attached hydrogen (secondary N) is 1. The number of hydrogen-bond donors (Lipinski definition) is 1. The van der Waals surface area contributed by atoms with E-state index >= 15 is 0 Å². The molecule has 0 unspecified atom stereocenters. The second-order valence-electron chi connectivity index (χ2n) is 3.67. The Morgan fingerprint density at radius 3 is 3.00 bits per heavy atom. The van der Waals surface area contributed by atoms with Crippen LogP contribution in [0.3, 0.4) is 0 Å². The summed E-state index contributed by atoms with van der Waals surface area (Å²) in [6.07, 6.45) is 2.39. The molecule has 0 aliphatic heterocycles. The zero-order chi connectivity index (χ0) is 12.8. The summed E-state index contributed by atoms with van der Waals surface area (Å²) in [6.45, 7) is 4.87. The van der Waals surface area contributed by atoms with Crippen molar-refractivity contribution in [3.05, 3.63) is 24.1 Å². The molecule has 2 rings (SSSR count). The molecule has 18 heavy (non-hydrogen) atoms. The lowest BCUT2D eigenvalue weighted by Crippen LogP contribution is -2.04. The Morgan fingerprint density at radius 1 is 1.39 bits per heavy atom. The summed E-state index contributed by atoms with van der Waals surface area (Å²) in [6, 6.07) is 1.74. The van der Waals surface area contributed by atoms with Crippen LogP contribution in [-0.2, 0) is 6.54 Å². The maximum atomic E-state index is 5.41. The molecule has 2 heterocycles. The van der Waals surface area contributed by atoms with E-state index in [0.717, 1.165) is 6.42 Å². The van der Waals surface area contributed by atoms with Crippen LogP contribution in [0.4, 0.5) is 5.82 Å². The molecule has 0 aliphatic carbocycles. The predicted octanol–water partition coefficient (Wildman–Crippen LogP) is 1.57. The van der Waals surface area contributed by atoms with E-state index in [9.17, 15) is 0 Å². The maximum Gasteiger partial charge on any atom is 0.223 e. The minimum absolute atomic E-state index is 0.446. The molecule has 0 atom stereocenters. The van der Waals surface area contributed by atoms with E-state index in [1.54, 1.807) is 13.0 Å². The second-order valence-corrected chi connectivity index (χ2v) is 3.67. The van der Waals surface area contributed by atoms with Crippen LogP contribution in [0.15, 0.2) is 16.9 Å². The van der Waals surface area contributed by atoms with Crippen LogP contribution < -0.4 is 10.1 Å². The van der Waals surface area contributed by atoms with Crippen LogP contribution in [0.5, 0.6) is 5.88 Å². The number of rotatable bonds is 6. The Labute approximate surface area is 105 Å². The van der Waals surface area contributed by atoms with Gasteiger partial charge in [0.25, 0.3) is 0 Å². The molecule has 96 valence electrons. The SMILES string of the molecule is CCCOc1cc(NCc2noc(C)n2)ncn1. The molecule has 0 saturated heterocycles. The Balaban J connectivity index is 1.92. The molecule has 0 spiro atoms. The minimum atomic E-state index is 0.446. The van der Waals surface area contributed by atoms with Crippen molar-refractivity contribution < 1.29 is 9.26 Å². The van der Waals surface area contributed by atoms with Crippen LogP contribution in [0.1, 0.15) is 25.1 Å². The highest BCUT2D eigenvalue weighted by Gasteiger charge is 2.03. The Morgan fingerprint density at radius 2 is 2.28 bits per heavy atom. The minimum Gasteiger partial charge on any atom is -0.478 e. The maximum absolute atomic E-state index is 5.41. The number of nitrogens with zero attached hydrogens (tertiary/aromatic N) is 4. The molecule has 0 bridgehead atoms. The summed E-state index contributed by atoms with van der Waals surface area (Å²) < 4.78 is 10.3. The topological polar surface area (TPSA) is 86.0 Å². The van der Waals surface area contributed by atoms with Crippen LogP contribution in [0.2, 0.25) is 0 Å².